The van der Waals surface area contributed by atoms with Crippen molar-refractivity contribution < 1.29 is 19.4 Å². The van der Waals surface area contributed by atoms with Gasteiger partial charge in [-0.25, -0.2) is 0 Å². The quantitative estimate of drug-likeness (QED) is 0.618. The van der Waals surface area contributed by atoms with Crippen LogP contribution in [0, 0.1) is 0 Å². The van der Waals surface area contributed by atoms with E-state index in [-0.39, 0.29) is 6.54 Å². The Bertz CT molecular complexity index is 631. The summed E-state index contributed by atoms with van der Waals surface area (Å²) in [5.74, 6) is -1.37. The molecule has 2 amide bonds. The van der Waals surface area contributed by atoms with E-state index in [2.05, 4.69) is 15.5 Å². The lowest BCUT2D eigenvalue weighted by Crippen LogP contribution is -2.47. The summed E-state index contributed by atoms with van der Waals surface area (Å²) >= 11 is 0. The highest BCUT2D eigenvalue weighted by molar-refractivity contribution is 6.35. The van der Waals surface area contributed by atoms with Gasteiger partial charge in [-0.15, -0.1) is 0 Å². The highest BCUT2D eigenvalue weighted by Gasteiger charge is 2.37. The van der Waals surface area contributed by atoms with Gasteiger partial charge in [0.15, 0.2) is 0 Å². The normalized spacial score (nSPS) is 23.1. The summed E-state index contributed by atoms with van der Waals surface area (Å²) in [6, 6.07) is 7.66. The average Bonchev–Trinajstić information content (AvgIpc) is 2.98. The molecule has 1 aliphatic carbocycles. The Balaban J connectivity index is 1.42. The predicted octanol–water partition coefficient (Wildman–Crippen LogP) is -0.615. The Morgan fingerprint density at radius 3 is 2.68 bits per heavy atom. The first-order chi connectivity index (χ1) is 12.1. The minimum atomic E-state index is -1.10. The van der Waals surface area contributed by atoms with Crippen molar-refractivity contribution in [1.82, 2.24) is 15.5 Å². The van der Waals surface area contributed by atoms with Gasteiger partial charge in [0.2, 0.25) is 0 Å². The van der Waals surface area contributed by atoms with Crippen LogP contribution in [0.25, 0.3) is 0 Å². The van der Waals surface area contributed by atoms with Gasteiger partial charge in [0, 0.05) is 26.2 Å². The third kappa shape index (κ3) is 4.36. The van der Waals surface area contributed by atoms with Crippen molar-refractivity contribution >= 4 is 11.8 Å². The number of benzene rings is 1. The molecule has 0 aromatic heterocycles. The molecule has 1 heterocycles. The van der Waals surface area contributed by atoms with Gasteiger partial charge < -0.3 is 20.5 Å². The second-order valence-electron chi connectivity index (χ2n) is 6.58. The number of nitrogens with zero attached hydrogens (tertiary/aromatic N) is 1. The molecular formula is C18H25N3O4. The number of rotatable bonds is 5. The van der Waals surface area contributed by atoms with Crippen LogP contribution in [0.15, 0.2) is 24.3 Å². The number of fused-ring (bicyclic) bond motifs is 1. The number of morpholine rings is 1. The van der Waals surface area contributed by atoms with Gasteiger partial charge in [0.25, 0.3) is 0 Å². The summed E-state index contributed by atoms with van der Waals surface area (Å²) < 4.78 is 5.26. The molecule has 1 saturated heterocycles. The van der Waals surface area contributed by atoms with Gasteiger partial charge in [-0.3, -0.25) is 14.5 Å². The lowest BCUT2D eigenvalue weighted by Gasteiger charge is -2.26. The maximum absolute atomic E-state index is 12.0. The first-order valence-electron chi connectivity index (χ1n) is 8.75. The Morgan fingerprint density at radius 1 is 1.16 bits per heavy atom. The summed E-state index contributed by atoms with van der Waals surface area (Å²) in [7, 11) is 0. The van der Waals surface area contributed by atoms with Crippen molar-refractivity contribution in [2.24, 2.45) is 0 Å². The number of amides is 2. The van der Waals surface area contributed by atoms with Crippen molar-refractivity contribution in [3.8, 4) is 0 Å². The van der Waals surface area contributed by atoms with Crippen LogP contribution in [0.3, 0.4) is 0 Å². The average molecular weight is 347 g/mol. The van der Waals surface area contributed by atoms with Crippen LogP contribution in [-0.2, 0) is 26.3 Å². The highest BCUT2D eigenvalue weighted by Crippen LogP contribution is 2.36. The molecule has 0 saturated carbocycles. The number of carbonyl (C=O) groups excluding carboxylic acids is 2. The Morgan fingerprint density at radius 2 is 1.88 bits per heavy atom. The second-order valence-corrected chi connectivity index (χ2v) is 6.58. The van der Waals surface area contributed by atoms with Gasteiger partial charge in [-0.2, -0.15) is 0 Å². The molecule has 1 aliphatic heterocycles. The SMILES string of the molecule is O=C(NCCN1CCOCC1)C(=O)NCC1(O)CCc2ccccc21. The van der Waals surface area contributed by atoms with Crippen LogP contribution in [0.5, 0.6) is 0 Å². The topological polar surface area (TPSA) is 90.9 Å². The monoisotopic (exact) mass is 347 g/mol. The molecule has 1 fully saturated rings. The number of aliphatic hydroxyl groups is 1. The smallest absolute Gasteiger partial charge is 0.309 e. The van der Waals surface area contributed by atoms with Crippen LogP contribution in [0.1, 0.15) is 17.5 Å². The van der Waals surface area contributed by atoms with Crippen molar-refractivity contribution in [3.63, 3.8) is 0 Å². The Kier molecular flexibility index (Phi) is 5.67. The van der Waals surface area contributed by atoms with Gasteiger partial charge in [-0.1, -0.05) is 24.3 Å². The van der Waals surface area contributed by atoms with E-state index in [0.29, 0.717) is 32.7 Å². The molecule has 25 heavy (non-hydrogen) atoms. The molecule has 3 N–H and O–H groups in total. The van der Waals surface area contributed by atoms with Crippen molar-refractivity contribution in [2.45, 2.75) is 18.4 Å². The Hall–Kier alpha value is -1.96. The zero-order chi connectivity index (χ0) is 17.7. The number of ether oxygens (including phenoxy) is 1. The molecule has 1 atom stereocenters. The summed E-state index contributed by atoms with van der Waals surface area (Å²) in [5, 5.41) is 15.9. The molecule has 7 heteroatoms. The van der Waals surface area contributed by atoms with Crippen LogP contribution in [0.2, 0.25) is 0 Å². The molecule has 1 aromatic carbocycles. The maximum atomic E-state index is 12.0. The lowest BCUT2D eigenvalue weighted by atomic mass is 9.96. The van der Waals surface area contributed by atoms with E-state index in [1.807, 2.05) is 24.3 Å². The summed E-state index contributed by atoms with van der Waals surface area (Å²) in [6.07, 6.45) is 1.32. The minimum absolute atomic E-state index is 0.0414. The van der Waals surface area contributed by atoms with E-state index in [4.69, 9.17) is 4.74 Å². The first kappa shape index (κ1) is 17.8. The summed E-state index contributed by atoms with van der Waals surface area (Å²) in [5.41, 5.74) is 0.831. The number of aryl methyl sites for hydroxylation is 1. The van der Waals surface area contributed by atoms with Crippen LogP contribution < -0.4 is 10.6 Å². The summed E-state index contributed by atoms with van der Waals surface area (Å²) in [4.78, 5) is 26.0. The van der Waals surface area contributed by atoms with Gasteiger partial charge in [0.05, 0.1) is 19.8 Å². The Labute approximate surface area is 147 Å². The van der Waals surface area contributed by atoms with Gasteiger partial charge >= 0.3 is 11.8 Å². The number of hydrogen-bond acceptors (Lipinski definition) is 5. The van der Waals surface area contributed by atoms with E-state index < -0.39 is 17.4 Å². The zero-order valence-electron chi connectivity index (χ0n) is 14.3. The molecule has 0 bridgehead atoms. The second kappa shape index (κ2) is 7.95. The molecule has 7 nitrogen and oxygen atoms in total. The van der Waals surface area contributed by atoms with Gasteiger partial charge in [0.1, 0.15) is 5.60 Å². The standard InChI is InChI=1S/C18H25N3O4/c22-16(19-7-8-21-9-11-25-12-10-21)17(23)20-13-18(24)6-5-14-3-1-2-4-15(14)18/h1-4,24H,5-13H2,(H,19,22)(H,20,23). The fraction of sp³-hybridized carbons (Fsp3) is 0.556. The molecule has 136 valence electrons. The molecule has 0 radical (unpaired) electrons. The van der Waals surface area contributed by atoms with Crippen LogP contribution in [0.4, 0.5) is 0 Å². The summed E-state index contributed by atoms with van der Waals surface area (Å²) in [6.45, 7) is 4.24. The molecular weight excluding hydrogens is 322 g/mol. The molecule has 1 unspecified atom stereocenters. The molecule has 3 rings (SSSR count). The fourth-order valence-corrected chi connectivity index (χ4v) is 3.39. The van der Waals surface area contributed by atoms with Crippen molar-refractivity contribution in [3.05, 3.63) is 35.4 Å². The molecule has 0 spiro atoms. The third-order valence-electron chi connectivity index (χ3n) is 4.89. The maximum Gasteiger partial charge on any atom is 0.309 e. The van der Waals surface area contributed by atoms with Crippen LogP contribution in [-0.4, -0.2) is 67.8 Å². The highest BCUT2D eigenvalue weighted by atomic mass is 16.5. The van der Waals surface area contributed by atoms with E-state index in [9.17, 15) is 14.7 Å². The van der Waals surface area contributed by atoms with E-state index >= 15 is 0 Å². The lowest BCUT2D eigenvalue weighted by molar-refractivity contribution is -0.139. The van der Waals surface area contributed by atoms with E-state index in [0.717, 1.165) is 30.6 Å². The van der Waals surface area contributed by atoms with Crippen molar-refractivity contribution in [1.29, 1.82) is 0 Å². The van der Waals surface area contributed by atoms with Crippen molar-refractivity contribution in [2.75, 3.05) is 45.9 Å². The van der Waals surface area contributed by atoms with E-state index in [1.54, 1.807) is 0 Å². The third-order valence-corrected chi connectivity index (χ3v) is 4.89. The fourth-order valence-electron chi connectivity index (χ4n) is 3.39. The van der Waals surface area contributed by atoms with Crippen LogP contribution >= 0.6 is 0 Å². The number of carbonyl (C=O) groups is 2. The van der Waals surface area contributed by atoms with E-state index in [1.165, 1.54) is 0 Å². The number of hydrogen-bond donors (Lipinski definition) is 3. The molecule has 2 aliphatic rings. The largest absolute Gasteiger partial charge is 0.383 e. The van der Waals surface area contributed by atoms with Gasteiger partial charge in [-0.05, 0) is 24.0 Å². The predicted molar refractivity (Wildman–Crippen MR) is 91.9 cm³/mol. The zero-order valence-corrected chi connectivity index (χ0v) is 14.3. The number of nitrogens with one attached hydrogen (secondary N) is 2. The first-order valence-corrected chi connectivity index (χ1v) is 8.75. The minimum Gasteiger partial charge on any atom is -0.383 e. The molecule has 1 aromatic rings.